The van der Waals surface area contributed by atoms with Crippen molar-refractivity contribution in [1.82, 2.24) is 9.80 Å². The molecule has 0 unspecified atom stereocenters. The minimum Gasteiger partial charge on any atom is -0.488 e. The predicted molar refractivity (Wildman–Crippen MR) is 127 cm³/mol. The quantitative estimate of drug-likeness (QED) is 0.472. The number of carbonyl (C=O) groups excluding carboxylic acids is 2. The third-order valence-electron chi connectivity index (χ3n) is 5.78. The van der Waals surface area contributed by atoms with Gasteiger partial charge in [-0.3, -0.25) is 9.59 Å². The van der Waals surface area contributed by atoms with E-state index >= 15 is 0 Å². The summed E-state index contributed by atoms with van der Waals surface area (Å²) in [5.74, 6) is -0.552. The van der Waals surface area contributed by atoms with E-state index in [1.54, 1.807) is 51.5 Å². The number of halogens is 1. The van der Waals surface area contributed by atoms with Crippen molar-refractivity contribution in [2.75, 3.05) is 26.2 Å². The number of hydrogen-bond donors (Lipinski definition) is 0. The highest BCUT2D eigenvalue weighted by Gasteiger charge is 2.33. The van der Waals surface area contributed by atoms with Gasteiger partial charge in [-0.25, -0.2) is 4.39 Å². The Labute approximate surface area is 197 Å². The number of hydrogen-bond acceptors (Lipinski definition) is 4. The molecule has 1 aromatic heterocycles. The Morgan fingerprint density at radius 1 is 1.12 bits per heavy atom. The van der Waals surface area contributed by atoms with Crippen LogP contribution in [0.3, 0.4) is 0 Å². The van der Waals surface area contributed by atoms with Gasteiger partial charge < -0.3 is 14.5 Å². The van der Waals surface area contributed by atoms with E-state index in [-0.39, 0.29) is 36.8 Å². The van der Waals surface area contributed by atoms with Crippen LogP contribution in [0.1, 0.15) is 40.2 Å². The minimum absolute atomic E-state index is 0.00274. The molecule has 0 saturated heterocycles. The molecule has 0 fully saturated rings. The van der Waals surface area contributed by atoms with Crippen molar-refractivity contribution < 1.29 is 18.7 Å². The molecule has 2 amide bonds. The summed E-state index contributed by atoms with van der Waals surface area (Å²) in [6.45, 7) is 3.16. The van der Waals surface area contributed by atoms with E-state index in [0.717, 1.165) is 18.4 Å². The highest BCUT2D eigenvalue weighted by atomic mass is 32.1. The monoisotopic (exact) mass is 466 g/mol. The molecule has 2 heterocycles. The van der Waals surface area contributed by atoms with Crippen LogP contribution in [0.2, 0.25) is 0 Å². The lowest BCUT2D eigenvalue weighted by Crippen LogP contribution is -2.48. The van der Waals surface area contributed by atoms with Crippen molar-refractivity contribution in [2.45, 2.75) is 25.8 Å². The Balaban J connectivity index is 1.52. The molecule has 1 atom stereocenters. The van der Waals surface area contributed by atoms with Gasteiger partial charge >= 0.3 is 0 Å². The van der Waals surface area contributed by atoms with Crippen molar-refractivity contribution in [3.8, 4) is 5.75 Å². The molecule has 3 aromatic rings. The third kappa shape index (κ3) is 5.25. The Morgan fingerprint density at radius 3 is 2.64 bits per heavy atom. The first-order valence-corrected chi connectivity index (χ1v) is 12.0. The number of thiophene rings is 1. The van der Waals surface area contributed by atoms with Gasteiger partial charge in [-0.1, -0.05) is 37.3 Å². The van der Waals surface area contributed by atoms with Crippen LogP contribution < -0.4 is 4.74 Å². The Bertz CT molecular complexity index is 1100. The topological polar surface area (TPSA) is 49.9 Å². The van der Waals surface area contributed by atoms with Crippen LogP contribution in [0, 0.1) is 5.82 Å². The lowest BCUT2D eigenvalue weighted by molar-refractivity contribution is -0.135. The average molecular weight is 467 g/mol. The Morgan fingerprint density at radius 2 is 1.88 bits per heavy atom. The largest absolute Gasteiger partial charge is 0.488 e. The Hall–Kier alpha value is -3.19. The van der Waals surface area contributed by atoms with Gasteiger partial charge in [-0.2, -0.15) is 0 Å². The van der Waals surface area contributed by atoms with Gasteiger partial charge in [0.25, 0.3) is 5.91 Å². The number of carbonyl (C=O) groups is 2. The lowest BCUT2D eigenvalue weighted by atomic mass is 10.0. The molecule has 0 radical (unpaired) electrons. The number of para-hydroxylation sites is 1. The lowest BCUT2D eigenvalue weighted by Gasteiger charge is -2.37. The molecule has 0 saturated carbocycles. The molecule has 172 valence electrons. The van der Waals surface area contributed by atoms with E-state index in [9.17, 15) is 14.0 Å². The summed E-state index contributed by atoms with van der Waals surface area (Å²) in [5.41, 5.74) is 1.60. The van der Waals surface area contributed by atoms with Crippen molar-refractivity contribution in [3.05, 3.63) is 87.9 Å². The smallest absolute Gasteiger partial charge is 0.254 e. The second kappa shape index (κ2) is 10.6. The van der Waals surface area contributed by atoms with Crippen LogP contribution in [0.25, 0.3) is 0 Å². The molecule has 1 aliphatic heterocycles. The summed E-state index contributed by atoms with van der Waals surface area (Å²) in [6.07, 6.45) is 1.51. The standard InChI is InChI=1S/C26H27FN2O3S/c1-2-14-28(26(31)19-8-4-3-5-9-19)17-25(30)29-15-12-24-20(13-16-33-24)22(29)18-32-23-11-7-6-10-21(23)27/h3-11,13,16,22H,2,12,14-15,17-18H2,1H3/t22-/m0/s1. The SMILES string of the molecule is CCCN(CC(=O)N1CCc2sccc2[C@@H]1COc1ccccc1F)C(=O)c1ccccc1. The fourth-order valence-corrected chi connectivity index (χ4v) is 5.07. The maximum atomic E-state index is 14.1. The van der Waals surface area contributed by atoms with Gasteiger partial charge in [0.05, 0.1) is 6.04 Å². The van der Waals surface area contributed by atoms with Crippen LogP contribution in [0.15, 0.2) is 66.0 Å². The second-order valence-corrected chi connectivity index (χ2v) is 8.99. The van der Waals surface area contributed by atoms with E-state index in [0.29, 0.717) is 18.7 Å². The van der Waals surface area contributed by atoms with E-state index in [1.807, 2.05) is 36.6 Å². The summed E-state index contributed by atoms with van der Waals surface area (Å²) in [7, 11) is 0. The first kappa shape index (κ1) is 23.0. The number of ether oxygens (including phenoxy) is 1. The summed E-state index contributed by atoms with van der Waals surface area (Å²) >= 11 is 1.66. The zero-order valence-corrected chi connectivity index (χ0v) is 19.4. The van der Waals surface area contributed by atoms with Gasteiger partial charge in [0, 0.05) is 23.5 Å². The molecular weight excluding hydrogens is 439 g/mol. The molecule has 2 aromatic carbocycles. The van der Waals surface area contributed by atoms with Gasteiger partial charge in [-0.15, -0.1) is 11.3 Å². The number of fused-ring (bicyclic) bond motifs is 1. The third-order valence-corrected chi connectivity index (χ3v) is 6.77. The fraction of sp³-hybridized carbons (Fsp3) is 0.308. The zero-order valence-electron chi connectivity index (χ0n) is 18.6. The van der Waals surface area contributed by atoms with E-state index in [4.69, 9.17) is 4.74 Å². The maximum Gasteiger partial charge on any atom is 0.254 e. The first-order valence-electron chi connectivity index (χ1n) is 11.2. The van der Waals surface area contributed by atoms with Crippen LogP contribution >= 0.6 is 11.3 Å². The molecular formula is C26H27FN2O3S. The normalized spacial score (nSPS) is 15.1. The van der Waals surface area contributed by atoms with E-state index < -0.39 is 5.82 Å². The van der Waals surface area contributed by atoms with Crippen LogP contribution in [-0.4, -0.2) is 47.9 Å². The van der Waals surface area contributed by atoms with E-state index in [1.165, 1.54) is 10.9 Å². The molecule has 0 spiro atoms. The van der Waals surface area contributed by atoms with Crippen LogP contribution in [0.4, 0.5) is 4.39 Å². The first-order chi connectivity index (χ1) is 16.1. The molecule has 1 aliphatic rings. The van der Waals surface area contributed by atoms with Gasteiger partial charge in [-0.05, 0) is 54.1 Å². The molecule has 0 bridgehead atoms. The fourth-order valence-electron chi connectivity index (χ4n) is 4.14. The van der Waals surface area contributed by atoms with Gasteiger partial charge in [0.2, 0.25) is 5.91 Å². The highest BCUT2D eigenvalue weighted by molar-refractivity contribution is 7.10. The summed E-state index contributed by atoms with van der Waals surface area (Å²) < 4.78 is 19.9. The number of nitrogens with zero attached hydrogens (tertiary/aromatic N) is 2. The summed E-state index contributed by atoms with van der Waals surface area (Å²) in [6, 6.07) is 17.0. The van der Waals surface area contributed by atoms with Gasteiger partial charge in [0.1, 0.15) is 13.2 Å². The Kier molecular flexibility index (Phi) is 7.40. The van der Waals surface area contributed by atoms with Gasteiger partial charge in [0.15, 0.2) is 11.6 Å². The summed E-state index contributed by atoms with van der Waals surface area (Å²) in [4.78, 5) is 31.1. The number of amides is 2. The second-order valence-electron chi connectivity index (χ2n) is 7.99. The number of rotatable bonds is 8. The molecule has 4 rings (SSSR count). The van der Waals surface area contributed by atoms with Crippen molar-refractivity contribution in [3.63, 3.8) is 0 Å². The molecule has 0 aliphatic carbocycles. The average Bonchev–Trinajstić information content (AvgIpc) is 3.32. The van der Waals surface area contributed by atoms with Crippen LogP contribution in [-0.2, 0) is 11.2 Å². The molecule has 7 heteroatoms. The molecule has 33 heavy (non-hydrogen) atoms. The minimum atomic E-state index is -0.431. The molecule has 0 N–H and O–H groups in total. The maximum absolute atomic E-state index is 14.1. The number of benzene rings is 2. The van der Waals surface area contributed by atoms with Crippen molar-refractivity contribution in [1.29, 1.82) is 0 Å². The van der Waals surface area contributed by atoms with Crippen molar-refractivity contribution >= 4 is 23.2 Å². The molecule has 5 nitrogen and oxygen atoms in total. The highest BCUT2D eigenvalue weighted by Crippen LogP contribution is 2.34. The van der Waals surface area contributed by atoms with E-state index in [2.05, 4.69) is 0 Å². The van der Waals surface area contributed by atoms with Crippen LogP contribution in [0.5, 0.6) is 5.75 Å². The predicted octanol–water partition coefficient (Wildman–Crippen LogP) is 4.94. The zero-order chi connectivity index (χ0) is 23.2. The van der Waals surface area contributed by atoms with Crippen molar-refractivity contribution in [2.24, 2.45) is 0 Å². The summed E-state index contributed by atoms with van der Waals surface area (Å²) in [5, 5.41) is 2.01.